The van der Waals surface area contributed by atoms with E-state index in [0.717, 1.165) is 30.6 Å². The molecule has 2 rings (SSSR count). The first kappa shape index (κ1) is 15.9. The highest BCUT2D eigenvalue weighted by Crippen LogP contribution is 2.14. The second kappa shape index (κ2) is 7.47. The van der Waals surface area contributed by atoms with E-state index < -0.39 is 6.10 Å². The zero-order chi connectivity index (χ0) is 13.0. The van der Waals surface area contributed by atoms with E-state index in [1.165, 1.54) is 0 Å². The minimum absolute atomic E-state index is 0. The van der Waals surface area contributed by atoms with Crippen LogP contribution in [-0.2, 0) is 13.0 Å². The van der Waals surface area contributed by atoms with Gasteiger partial charge in [0.2, 0.25) is 0 Å². The van der Waals surface area contributed by atoms with Gasteiger partial charge in [0, 0.05) is 37.3 Å². The molecule has 1 aromatic rings. The molecule has 7 heteroatoms. The van der Waals surface area contributed by atoms with Crippen LogP contribution < -0.4 is 10.6 Å². The molecule has 0 saturated heterocycles. The Morgan fingerprint density at radius 3 is 3.11 bits per heavy atom. The molecule has 1 unspecified atom stereocenters. The Morgan fingerprint density at radius 2 is 2.37 bits per heavy atom. The lowest BCUT2D eigenvalue weighted by Gasteiger charge is -2.13. The molecule has 2 heterocycles. The molecular formula is C12H21ClN4O2. The van der Waals surface area contributed by atoms with Gasteiger partial charge in [-0.25, -0.2) is 0 Å². The molecule has 108 valence electrons. The predicted octanol–water partition coefficient (Wildman–Crippen LogP) is 0.368. The summed E-state index contributed by atoms with van der Waals surface area (Å²) in [5.41, 5.74) is 2.43. The molecule has 6 nitrogen and oxygen atoms in total. The number of hydrogen-bond acceptors (Lipinski definition) is 4. The SMILES string of the molecule is CCCC(O)CNC(=O)c1n[nH]c2c1CNCC2.Cl. The molecule has 1 amide bonds. The Labute approximate surface area is 118 Å². The number of carbonyl (C=O) groups excluding carboxylic acids is 1. The number of nitrogens with one attached hydrogen (secondary N) is 3. The van der Waals surface area contributed by atoms with E-state index in [1.54, 1.807) is 0 Å². The molecule has 0 radical (unpaired) electrons. The average molecular weight is 289 g/mol. The third-order valence-electron chi connectivity index (χ3n) is 3.14. The number of aliphatic hydroxyl groups is 1. The van der Waals surface area contributed by atoms with Crippen molar-refractivity contribution in [2.45, 2.75) is 38.8 Å². The fourth-order valence-corrected chi connectivity index (χ4v) is 2.14. The second-order valence-electron chi connectivity index (χ2n) is 4.61. The molecule has 1 atom stereocenters. The lowest BCUT2D eigenvalue weighted by Crippen LogP contribution is -2.33. The Bertz CT molecular complexity index is 422. The number of carbonyl (C=O) groups is 1. The summed E-state index contributed by atoms with van der Waals surface area (Å²) in [7, 11) is 0. The Hall–Kier alpha value is -1.11. The van der Waals surface area contributed by atoms with E-state index in [2.05, 4.69) is 20.8 Å². The highest BCUT2D eigenvalue weighted by molar-refractivity contribution is 5.94. The number of aromatic nitrogens is 2. The average Bonchev–Trinajstić information content (AvgIpc) is 2.80. The van der Waals surface area contributed by atoms with Crippen LogP contribution in [0.2, 0.25) is 0 Å². The topological polar surface area (TPSA) is 90.0 Å². The molecule has 0 saturated carbocycles. The molecular weight excluding hydrogens is 268 g/mol. The first-order chi connectivity index (χ1) is 8.72. The van der Waals surface area contributed by atoms with Crippen LogP contribution in [0, 0.1) is 0 Å². The van der Waals surface area contributed by atoms with E-state index in [4.69, 9.17) is 0 Å². The summed E-state index contributed by atoms with van der Waals surface area (Å²) in [5.74, 6) is -0.216. The molecule has 1 aromatic heterocycles. The number of nitrogens with zero attached hydrogens (tertiary/aromatic N) is 1. The summed E-state index contributed by atoms with van der Waals surface area (Å²) in [5, 5.41) is 22.5. The van der Waals surface area contributed by atoms with Gasteiger partial charge in [-0.1, -0.05) is 13.3 Å². The van der Waals surface area contributed by atoms with E-state index in [9.17, 15) is 9.90 Å². The summed E-state index contributed by atoms with van der Waals surface area (Å²) in [6.07, 6.45) is 1.99. The van der Waals surface area contributed by atoms with Crippen LogP contribution in [0.15, 0.2) is 0 Å². The minimum atomic E-state index is -0.480. The molecule has 0 aliphatic carbocycles. The van der Waals surface area contributed by atoms with E-state index in [0.29, 0.717) is 18.7 Å². The smallest absolute Gasteiger partial charge is 0.272 e. The molecule has 19 heavy (non-hydrogen) atoms. The zero-order valence-electron chi connectivity index (χ0n) is 11.0. The maximum Gasteiger partial charge on any atom is 0.272 e. The third kappa shape index (κ3) is 3.92. The molecule has 1 aliphatic heterocycles. The first-order valence-electron chi connectivity index (χ1n) is 6.45. The fraction of sp³-hybridized carbons (Fsp3) is 0.667. The van der Waals surface area contributed by atoms with Crippen molar-refractivity contribution in [1.29, 1.82) is 0 Å². The summed E-state index contributed by atoms with van der Waals surface area (Å²) < 4.78 is 0. The number of hydrogen-bond donors (Lipinski definition) is 4. The molecule has 0 fully saturated rings. The van der Waals surface area contributed by atoms with Gasteiger partial charge in [-0.3, -0.25) is 9.89 Å². The Morgan fingerprint density at radius 1 is 1.58 bits per heavy atom. The van der Waals surface area contributed by atoms with Crippen molar-refractivity contribution in [3.8, 4) is 0 Å². The number of aliphatic hydroxyl groups excluding tert-OH is 1. The highest BCUT2D eigenvalue weighted by Gasteiger charge is 2.21. The van der Waals surface area contributed by atoms with Crippen molar-refractivity contribution in [3.63, 3.8) is 0 Å². The Balaban J connectivity index is 0.00000180. The molecule has 1 aliphatic rings. The number of halogens is 1. The van der Waals surface area contributed by atoms with Gasteiger partial charge in [-0.05, 0) is 6.42 Å². The van der Waals surface area contributed by atoms with Crippen molar-refractivity contribution < 1.29 is 9.90 Å². The number of amides is 1. The second-order valence-corrected chi connectivity index (χ2v) is 4.61. The van der Waals surface area contributed by atoms with Gasteiger partial charge in [0.15, 0.2) is 5.69 Å². The summed E-state index contributed by atoms with van der Waals surface area (Å²) in [4.78, 5) is 12.0. The predicted molar refractivity (Wildman–Crippen MR) is 74.5 cm³/mol. The zero-order valence-corrected chi connectivity index (χ0v) is 11.8. The maximum absolute atomic E-state index is 12.0. The van der Waals surface area contributed by atoms with Gasteiger partial charge in [0.05, 0.1) is 6.10 Å². The quantitative estimate of drug-likeness (QED) is 0.630. The fourth-order valence-electron chi connectivity index (χ4n) is 2.14. The van der Waals surface area contributed by atoms with Crippen LogP contribution >= 0.6 is 12.4 Å². The van der Waals surface area contributed by atoms with Gasteiger partial charge < -0.3 is 15.7 Å². The summed E-state index contributed by atoms with van der Waals surface area (Å²) in [6.45, 7) is 3.86. The van der Waals surface area contributed by atoms with Crippen LogP contribution in [-0.4, -0.2) is 40.4 Å². The van der Waals surface area contributed by atoms with Crippen molar-refractivity contribution >= 4 is 18.3 Å². The largest absolute Gasteiger partial charge is 0.391 e. The van der Waals surface area contributed by atoms with Crippen molar-refractivity contribution in [2.75, 3.05) is 13.1 Å². The number of aromatic amines is 1. The van der Waals surface area contributed by atoms with E-state index in [-0.39, 0.29) is 24.9 Å². The van der Waals surface area contributed by atoms with Gasteiger partial charge in [0.25, 0.3) is 5.91 Å². The normalized spacial score (nSPS) is 15.3. The third-order valence-corrected chi connectivity index (χ3v) is 3.14. The number of rotatable bonds is 5. The van der Waals surface area contributed by atoms with Crippen LogP contribution in [0.25, 0.3) is 0 Å². The molecule has 0 bridgehead atoms. The van der Waals surface area contributed by atoms with Gasteiger partial charge in [-0.2, -0.15) is 5.10 Å². The molecule has 0 aromatic carbocycles. The maximum atomic E-state index is 12.0. The van der Waals surface area contributed by atoms with E-state index in [1.807, 2.05) is 6.92 Å². The lowest BCUT2D eigenvalue weighted by molar-refractivity contribution is 0.0904. The first-order valence-corrected chi connectivity index (χ1v) is 6.45. The van der Waals surface area contributed by atoms with Crippen LogP contribution in [0.4, 0.5) is 0 Å². The van der Waals surface area contributed by atoms with Crippen LogP contribution in [0.5, 0.6) is 0 Å². The molecule has 0 spiro atoms. The van der Waals surface area contributed by atoms with Gasteiger partial charge in [-0.15, -0.1) is 12.4 Å². The minimum Gasteiger partial charge on any atom is -0.391 e. The van der Waals surface area contributed by atoms with Crippen LogP contribution in [0.3, 0.4) is 0 Å². The summed E-state index contributed by atoms with van der Waals surface area (Å²) in [6, 6.07) is 0. The monoisotopic (exact) mass is 288 g/mol. The van der Waals surface area contributed by atoms with Crippen molar-refractivity contribution in [2.24, 2.45) is 0 Å². The Kier molecular flexibility index (Phi) is 6.27. The standard InChI is InChI=1S/C12H20N4O2.ClH/c1-2-3-8(17)6-14-12(18)11-9-7-13-5-4-10(9)15-16-11;/h8,13,17H,2-7H2,1H3,(H,14,18)(H,15,16);1H. The van der Waals surface area contributed by atoms with Crippen molar-refractivity contribution in [1.82, 2.24) is 20.8 Å². The highest BCUT2D eigenvalue weighted by atomic mass is 35.5. The van der Waals surface area contributed by atoms with Gasteiger partial charge in [0.1, 0.15) is 0 Å². The molecule has 4 N–H and O–H groups in total. The summed E-state index contributed by atoms with van der Waals surface area (Å²) >= 11 is 0. The number of fused-ring (bicyclic) bond motifs is 1. The van der Waals surface area contributed by atoms with Gasteiger partial charge >= 0.3 is 0 Å². The van der Waals surface area contributed by atoms with Crippen molar-refractivity contribution in [3.05, 3.63) is 17.0 Å². The lowest BCUT2D eigenvalue weighted by atomic mass is 10.1. The number of H-pyrrole nitrogens is 1. The van der Waals surface area contributed by atoms with E-state index >= 15 is 0 Å². The van der Waals surface area contributed by atoms with Crippen LogP contribution in [0.1, 0.15) is 41.5 Å².